The highest BCUT2D eigenvalue weighted by molar-refractivity contribution is 7.26. The highest BCUT2D eigenvalue weighted by atomic mass is 32.1. The predicted octanol–water partition coefficient (Wildman–Crippen LogP) is 12.3. The van der Waals surface area contributed by atoms with Gasteiger partial charge in [0, 0.05) is 42.0 Å². The molecule has 10 rings (SSSR count). The number of aromatic nitrogens is 1. The Hall–Kier alpha value is -6.15. The highest BCUT2D eigenvalue weighted by Crippen LogP contribution is 2.44. The maximum absolute atomic E-state index is 10.1. The molecule has 0 aliphatic rings. The van der Waals surface area contributed by atoms with Crippen LogP contribution in [0, 0.1) is 11.3 Å². The van der Waals surface area contributed by atoms with Gasteiger partial charge in [0.1, 0.15) is 11.2 Å². The zero-order valence-corrected chi connectivity index (χ0v) is 25.9. The van der Waals surface area contributed by atoms with Crippen LogP contribution >= 0.6 is 11.3 Å². The van der Waals surface area contributed by atoms with Crippen molar-refractivity contribution in [2.45, 2.75) is 0 Å². The average Bonchev–Trinajstić information content (AvgIpc) is 3.81. The van der Waals surface area contributed by atoms with E-state index in [2.05, 4.69) is 120 Å². The van der Waals surface area contributed by atoms with E-state index in [4.69, 9.17) is 4.42 Å². The first kappa shape index (κ1) is 26.1. The smallest absolute Gasteiger partial charge is 0.145 e. The summed E-state index contributed by atoms with van der Waals surface area (Å²) in [6.07, 6.45) is 0. The van der Waals surface area contributed by atoms with Gasteiger partial charge in [-0.3, -0.25) is 0 Å². The lowest BCUT2D eigenvalue weighted by Crippen LogP contribution is -1.96. The maximum atomic E-state index is 10.1. The molecule has 3 nitrogen and oxygen atoms in total. The summed E-state index contributed by atoms with van der Waals surface area (Å²) in [7, 11) is 0. The summed E-state index contributed by atoms with van der Waals surface area (Å²) in [5.74, 6) is 0. The van der Waals surface area contributed by atoms with Gasteiger partial charge in [0.15, 0.2) is 0 Å². The summed E-state index contributed by atoms with van der Waals surface area (Å²) in [4.78, 5) is 0. The van der Waals surface area contributed by atoms with Crippen molar-refractivity contribution in [3.8, 4) is 34.0 Å². The molecule has 10 aromatic rings. The van der Waals surface area contributed by atoms with Crippen molar-refractivity contribution in [3.63, 3.8) is 0 Å². The van der Waals surface area contributed by atoms with Crippen LogP contribution in [0.5, 0.6) is 0 Å². The van der Waals surface area contributed by atoms with E-state index in [1.54, 1.807) is 0 Å². The summed E-state index contributed by atoms with van der Waals surface area (Å²) >= 11 is 1.83. The normalized spacial score (nSPS) is 11.8. The number of nitriles is 1. The number of hydrogen-bond acceptors (Lipinski definition) is 3. The van der Waals surface area contributed by atoms with Crippen LogP contribution in [0.3, 0.4) is 0 Å². The van der Waals surface area contributed by atoms with Gasteiger partial charge < -0.3 is 8.98 Å². The SMILES string of the molecule is N#Cc1ccccc1-c1cc(-c2cccc3c2sc2ccccc23)cc(-n2c3ccccc3c3c4oc5ccccc5c4ccc32)c1. The maximum Gasteiger partial charge on any atom is 0.145 e. The van der Waals surface area contributed by atoms with Crippen LogP contribution in [0.2, 0.25) is 0 Å². The second kappa shape index (κ2) is 9.92. The number of furan rings is 1. The Bertz CT molecular complexity index is 2930. The van der Waals surface area contributed by atoms with Gasteiger partial charge in [0.05, 0.1) is 28.1 Å². The van der Waals surface area contributed by atoms with Crippen molar-refractivity contribution in [3.05, 3.63) is 151 Å². The molecule has 4 heteroatoms. The fourth-order valence-corrected chi connectivity index (χ4v) is 8.61. The van der Waals surface area contributed by atoms with Crippen molar-refractivity contribution < 1.29 is 4.42 Å². The second-order valence-corrected chi connectivity index (χ2v) is 13.0. The number of nitrogens with zero attached hydrogens (tertiary/aromatic N) is 2. The van der Waals surface area contributed by atoms with Crippen LogP contribution in [-0.2, 0) is 0 Å². The molecule has 0 N–H and O–H groups in total. The van der Waals surface area contributed by atoms with Crippen molar-refractivity contribution >= 4 is 75.3 Å². The van der Waals surface area contributed by atoms with Gasteiger partial charge >= 0.3 is 0 Å². The van der Waals surface area contributed by atoms with E-state index in [-0.39, 0.29) is 0 Å². The Morgan fingerprint density at radius 3 is 2.15 bits per heavy atom. The molecule has 0 saturated heterocycles. The first-order valence-corrected chi connectivity index (χ1v) is 16.5. The van der Waals surface area contributed by atoms with Crippen molar-refractivity contribution in [1.29, 1.82) is 5.26 Å². The van der Waals surface area contributed by atoms with Crippen LogP contribution in [0.1, 0.15) is 5.56 Å². The molecular weight excluding hydrogens is 593 g/mol. The Kier molecular flexibility index (Phi) is 5.51. The van der Waals surface area contributed by atoms with Crippen molar-refractivity contribution in [2.75, 3.05) is 0 Å². The monoisotopic (exact) mass is 616 g/mol. The Morgan fingerprint density at radius 1 is 0.553 bits per heavy atom. The first-order chi connectivity index (χ1) is 23.3. The average molecular weight is 617 g/mol. The molecule has 0 radical (unpaired) electrons. The highest BCUT2D eigenvalue weighted by Gasteiger charge is 2.20. The standard InChI is InChI=1S/C43H24N2OS/c44-25-26-10-1-2-11-30(26)27-22-28(31-15-9-16-35-33-13-5-8-19-40(33)47-43(31)35)24-29(23-27)45-37-17-6-3-14-36(37)41-38(45)21-20-34-32-12-4-7-18-39(32)46-42(34)41/h1-24H. The minimum atomic E-state index is 0.655. The molecule has 0 bridgehead atoms. The molecule has 7 aromatic carbocycles. The van der Waals surface area contributed by atoms with Gasteiger partial charge in [-0.25, -0.2) is 0 Å². The van der Waals surface area contributed by atoms with E-state index in [1.165, 1.54) is 25.7 Å². The second-order valence-electron chi connectivity index (χ2n) is 12.0. The lowest BCUT2D eigenvalue weighted by atomic mass is 9.94. The van der Waals surface area contributed by atoms with Crippen LogP contribution < -0.4 is 0 Å². The topological polar surface area (TPSA) is 41.9 Å². The summed E-state index contributed by atoms with van der Waals surface area (Å²) < 4.78 is 11.5. The van der Waals surface area contributed by atoms with Crippen LogP contribution in [0.4, 0.5) is 0 Å². The molecule has 47 heavy (non-hydrogen) atoms. The Morgan fingerprint density at radius 2 is 1.26 bits per heavy atom. The van der Waals surface area contributed by atoms with Crippen LogP contribution in [-0.4, -0.2) is 4.57 Å². The lowest BCUT2D eigenvalue weighted by Gasteiger charge is -2.15. The number of para-hydroxylation sites is 2. The Labute approximate surface area is 273 Å². The quantitative estimate of drug-likeness (QED) is 0.198. The summed E-state index contributed by atoms with van der Waals surface area (Å²) in [6.45, 7) is 0. The third kappa shape index (κ3) is 3.78. The molecule has 3 heterocycles. The molecule has 0 aliphatic heterocycles. The molecule has 218 valence electrons. The molecular formula is C43H24N2OS. The fourth-order valence-electron chi connectivity index (χ4n) is 7.37. The molecule has 0 aliphatic carbocycles. The molecule has 0 amide bonds. The van der Waals surface area contributed by atoms with E-state index in [9.17, 15) is 5.26 Å². The van der Waals surface area contributed by atoms with E-state index >= 15 is 0 Å². The largest absolute Gasteiger partial charge is 0.455 e. The van der Waals surface area contributed by atoms with E-state index in [1.807, 2.05) is 47.7 Å². The van der Waals surface area contributed by atoms with E-state index in [0.717, 1.165) is 66.1 Å². The van der Waals surface area contributed by atoms with E-state index in [0.29, 0.717) is 5.56 Å². The van der Waals surface area contributed by atoms with Crippen LogP contribution in [0.25, 0.3) is 91.9 Å². The Balaban J connectivity index is 1.32. The van der Waals surface area contributed by atoms with Gasteiger partial charge in [0.2, 0.25) is 0 Å². The minimum absolute atomic E-state index is 0.655. The number of fused-ring (bicyclic) bond motifs is 10. The fraction of sp³-hybridized carbons (Fsp3) is 0. The van der Waals surface area contributed by atoms with E-state index < -0.39 is 0 Å². The minimum Gasteiger partial charge on any atom is -0.455 e. The van der Waals surface area contributed by atoms with Gasteiger partial charge in [-0.15, -0.1) is 11.3 Å². The summed E-state index contributed by atoms with van der Waals surface area (Å²) in [5, 5.41) is 17.1. The lowest BCUT2D eigenvalue weighted by molar-refractivity contribution is 0.673. The van der Waals surface area contributed by atoms with Gasteiger partial charge in [-0.1, -0.05) is 91.0 Å². The summed E-state index contributed by atoms with van der Waals surface area (Å²) in [6, 6.07) is 53.5. The number of rotatable bonds is 3. The third-order valence-corrected chi connectivity index (χ3v) is 10.6. The van der Waals surface area contributed by atoms with Crippen molar-refractivity contribution in [2.24, 2.45) is 0 Å². The molecule has 0 unspecified atom stereocenters. The zero-order chi connectivity index (χ0) is 31.1. The predicted molar refractivity (Wildman–Crippen MR) is 197 cm³/mol. The molecule has 3 aromatic heterocycles. The summed E-state index contributed by atoms with van der Waals surface area (Å²) in [5.41, 5.74) is 9.87. The van der Waals surface area contributed by atoms with Gasteiger partial charge in [0.25, 0.3) is 0 Å². The number of benzene rings is 7. The van der Waals surface area contributed by atoms with Crippen molar-refractivity contribution in [1.82, 2.24) is 4.57 Å². The number of hydrogen-bond donors (Lipinski definition) is 0. The molecule has 0 saturated carbocycles. The number of thiophene rings is 1. The third-order valence-electron chi connectivity index (χ3n) is 9.43. The first-order valence-electron chi connectivity index (χ1n) is 15.7. The molecule has 0 atom stereocenters. The van der Waals surface area contributed by atoms with Gasteiger partial charge in [-0.2, -0.15) is 5.26 Å². The zero-order valence-electron chi connectivity index (χ0n) is 25.1. The molecule has 0 spiro atoms. The van der Waals surface area contributed by atoms with Crippen LogP contribution in [0.15, 0.2) is 150 Å². The van der Waals surface area contributed by atoms with Gasteiger partial charge in [-0.05, 0) is 76.9 Å². The molecule has 0 fully saturated rings.